The number of carbonyl (C=O) groups excluding carboxylic acids is 1. The van der Waals surface area contributed by atoms with E-state index in [4.69, 9.17) is 4.84 Å². The molecular weight excluding hydrogens is 142 g/mol. The van der Waals surface area contributed by atoms with Crippen LogP contribution >= 0.6 is 0 Å². The van der Waals surface area contributed by atoms with Gasteiger partial charge in [0.25, 0.3) is 0 Å². The summed E-state index contributed by atoms with van der Waals surface area (Å²) in [5.41, 5.74) is 0. The standard InChI is InChI=1S/C8H11NO2/c10-8-5-1-3-7-4-2-6-11-9(7)8/h2,4,7H,1,3,5-6H2. The van der Waals surface area contributed by atoms with Crippen molar-refractivity contribution in [2.45, 2.75) is 25.3 Å². The van der Waals surface area contributed by atoms with Crippen molar-refractivity contribution in [1.29, 1.82) is 0 Å². The number of nitrogens with zero attached hydrogens (tertiary/aromatic N) is 1. The van der Waals surface area contributed by atoms with Crippen LogP contribution < -0.4 is 0 Å². The Morgan fingerprint density at radius 3 is 3.36 bits per heavy atom. The molecule has 2 rings (SSSR count). The Morgan fingerprint density at radius 1 is 1.64 bits per heavy atom. The molecule has 0 aromatic rings. The summed E-state index contributed by atoms with van der Waals surface area (Å²) in [7, 11) is 0. The van der Waals surface area contributed by atoms with Crippen molar-refractivity contribution in [1.82, 2.24) is 5.06 Å². The monoisotopic (exact) mass is 153 g/mol. The van der Waals surface area contributed by atoms with Gasteiger partial charge in [0.2, 0.25) is 5.91 Å². The van der Waals surface area contributed by atoms with Crippen LogP contribution in [0.1, 0.15) is 19.3 Å². The van der Waals surface area contributed by atoms with Crippen molar-refractivity contribution < 1.29 is 9.63 Å². The van der Waals surface area contributed by atoms with E-state index in [0.29, 0.717) is 13.0 Å². The lowest BCUT2D eigenvalue weighted by molar-refractivity contribution is -0.200. The topological polar surface area (TPSA) is 29.5 Å². The molecule has 1 saturated heterocycles. The largest absolute Gasteiger partial charge is 0.273 e. The molecule has 11 heavy (non-hydrogen) atoms. The molecule has 1 fully saturated rings. The van der Waals surface area contributed by atoms with Gasteiger partial charge in [-0.2, -0.15) is 0 Å². The Bertz CT molecular complexity index is 200. The number of amides is 1. The van der Waals surface area contributed by atoms with Gasteiger partial charge in [-0.1, -0.05) is 12.2 Å². The van der Waals surface area contributed by atoms with Gasteiger partial charge in [0.1, 0.15) is 0 Å². The Kier molecular flexibility index (Phi) is 1.66. The molecule has 0 bridgehead atoms. The summed E-state index contributed by atoms with van der Waals surface area (Å²) >= 11 is 0. The van der Waals surface area contributed by atoms with Crippen LogP contribution in [-0.4, -0.2) is 23.6 Å². The number of hydrogen-bond donors (Lipinski definition) is 0. The fourth-order valence-corrected chi connectivity index (χ4v) is 1.55. The van der Waals surface area contributed by atoms with Gasteiger partial charge >= 0.3 is 0 Å². The molecule has 2 aliphatic rings. The van der Waals surface area contributed by atoms with Gasteiger partial charge in [-0.25, -0.2) is 5.06 Å². The Hall–Kier alpha value is -0.830. The first-order valence-electron chi connectivity index (χ1n) is 3.99. The average Bonchev–Trinajstić information content (AvgIpc) is 2.06. The van der Waals surface area contributed by atoms with Crippen LogP contribution in [0.15, 0.2) is 12.2 Å². The third kappa shape index (κ3) is 1.16. The van der Waals surface area contributed by atoms with Crippen LogP contribution in [0.25, 0.3) is 0 Å². The summed E-state index contributed by atoms with van der Waals surface area (Å²) in [5, 5.41) is 1.52. The lowest BCUT2D eigenvalue weighted by atomic mass is 10.0. The molecule has 1 amide bonds. The quantitative estimate of drug-likeness (QED) is 0.483. The van der Waals surface area contributed by atoms with Gasteiger partial charge in [0.05, 0.1) is 12.6 Å². The first-order valence-corrected chi connectivity index (χ1v) is 3.99. The predicted molar refractivity (Wildman–Crippen MR) is 39.6 cm³/mol. The summed E-state index contributed by atoms with van der Waals surface area (Å²) in [4.78, 5) is 16.4. The van der Waals surface area contributed by atoms with Crippen molar-refractivity contribution in [3.8, 4) is 0 Å². The van der Waals surface area contributed by atoms with Gasteiger partial charge < -0.3 is 0 Å². The first kappa shape index (κ1) is 6.85. The van der Waals surface area contributed by atoms with Crippen LogP contribution in [0.4, 0.5) is 0 Å². The Morgan fingerprint density at radius 2 is 2.55 bits per heavy atom. The fraction of sp³-hybridized carbons (Fsp3) is 0.625. The molecule has 1 atom stereocenters. The second-order valence-electron chi connectivity index (χ2n) is 2.90. The molecule has 0 aliphatic carbocycles. The summed E-state index contributed by atoms with van der Waals surface area (Å²) < 4.78 is 0. The minimum Gasteiger partial charge on any atom is -0.273 e. The molecule has 0 N–H and O–H groups in total. The van der Waals surface area contributed by atoms with Gasteiger partial charge in [0.15, 0.2) is 0 Å². The minimum atomic E-state index is 0.130. The minimum absolute atomic E-state index is 0.130. The zero-order valence-electron chi connectivity index (χ0n) is 6.32. The van der Waals surface area contributed by atoms with Gasteiger partial charge in [-0.15, -0.1) is 0 Å². The van der Waals surface area contributed by atoms with Crippen LogP contribution in [0, 0.1) is 0 Å². The van der Waals surface area contributed by atoms with Crippen molar-refractivity contribution >= 4 is 5.91 Å². The van der Waals surface area contributed by atoms with E-state index in [2.05, 4.69) is 6.08 Å². The number of hydroxylamine groups is 2. The van der Waals surface area contributed by atoms with Crippen molar-refractivity contribution in [3.63, 3.8) is 0 Å². The zero-order valence-corrected chi connectivity index (χ0v) is 6.32. The van der Waals surface area contributed by atoms with Crippen molar-refractivity contribution in [3.05, 3.63) is 12.2 Å². The first-order chi connectivity index (χ1) is 5.38. The molecule has 0 saturated carbocycles. The van der Waals surface area contributed by atoms with E-state index in [-0.39, 0.29) is 11.9 Å². The zero-order chi connectivity index (χ0) is 7.68. The van der Waals surface area contributed by atoms with E-state index in [1.165, 1.54) is 5.06 Å². The maximum absolute atomic E-state index is 11.2. The third-order valence-electron chi connectivity index (χ3n) is 2.11. The lowest BCUT2D eigenvalue weighted by Crippen LogP contribution is -2.44. The van der Waals surface area contributed by atoms with E-state index in [0.717, 1.165) is 12.8 Å². The van der Waals surface area contributed by atoms with E-state index in [1.807, 2.05) is 6.08 Å². The molecule has 3 nitrogen and oxygen atoms in total. The number of rotatable bonds is 0. The number of fused-ring (bicyclic) bond motifs is 1. The summed E-state index contributed by atoms with van der Waals surface area (Å²) in [6, 6.07) is 0.213. The number of piperidine rings is 1. The van der Waals surface area contributed by atoms with Gasteiger partial charge in [-0.3, -0.25) is 9.63 Å². The lowest BCUT2D eigenvalue weighted by Gasteiger charge is -2.34. The maximum atomic E-state index is 11.2. The molecule has 0 aromatic heterocycles. The average molecular weight is 153 g/mol. The predicted octanol–water partition coefficient (Wildman–Crippen LogP) is 0.869. The Balaban J connectivity index is 2.15. The highest BCUT2D eigenvalue weighted by molar-refractivity contribution is 5.76. The smallest absolute Gasteiger partial charge is 0.246 e. The van der Waals surface area contributed by atoms with E-state index >= 15 is 0 Å². The van der Waals surface area contributed by atoms with Gasteiger partial charge in [0, 0.05) is 6.42 Å². The molecule has 2 aliphatic heterocycles. The SMILES string of the molecule is O=C1CCCC2C=CCON12. The molecule has 2 heterocycles. The Labute approximate surface area is 65.6 Å². The van der Waals surface area contributed by atoms with Crippen LogP contribution in [0.5, 0.6) is 0 Å². The molecule has 3 heteroatoms. The van der Waals surface area contributed by atoms with E-state index in [9.17, 15) is 4.79 Å². The number of carbonyl (C=O) groups is 1. The highest BCUT2D eigenvalue weighted by Crippen LogP contribution is 2.21. The van der Waals surface area contributed by atoms with E-state index < -0.39 is 0 Å². The van der Waals surface area contributed by atoms with Gasteiger partial charge in [-0.05, 0) is 12.8 Å². The second-order valence-corrected chi connectivity index (χ2v) is 2.90. The second kappa shape index (κ2) is 2.66. The third-order valence-corrected chi connectivity index (χ3v) is 2.11. The summed E-state index contributed by atoms with van der Waals surface area (Å²) in [6.07, 6.45) is 6.71. The molecular formula is C8H11NO2. The fourth-order valence-electron chi connectivity index (χ4n) is 1.55. The molecule has 1 unspecified atom stereocenters. The maximum Gasteiger partial charge on any atom is 0.246 e. The van der Waals surface area contributed by atoms with Crippen LogP contribution in [-0.2, 0) is 9.63 Å². The highest BCUT2D eigenvalue weighted by atomic mass is 16.7. The number of hydrogen-bond acceptors (Lipinski definition) is 2. The summed E-state index contributed by atoms with van der Waals surface area (Å²) in [5.74, 6) is 0.130. The molecule has 0 radical (unpaired) electrons. The van der Waals surface area contributed by atoms with Crippen molar-refractivity contribution in [2.75, 3.05) is 6.61 Å². The molecule has 0 spiro atoms. The van der Waals surface area contributed by atoms with Crippen LogP contribution in [0.3, 0.4) is 0 Å². The van der Waals surface area contributed by atoms with Crippen LogP contribution in [0.2, 0.25) is 0 Å². The normalized spacial score (nSPS) is 30.4. The summed E-state index contributed by atoms with van der Waals surface area (Å²) in [6.45, 7) is 0.544. The molecule has 60 valence electrons. The van der Waals surface area contributed by atoms with E-state index in [1.54, 1.807) is 0 Å². The highest BCUT2D eigenvalue weighted by Gasteiger charge is 2.28. The van der Waals surface area contributed by atoms with Crippen molar-refractivity contribution in [2.24, 2.45) is 0 Å². The molecule has 0 aromatic carbocycles.